The minimum atomic E-state index is -0.958. The summed E-state index contributed by atoms with van der Waals surface area (Å²) >= 11 is 0. The number of carboxylic acid groups (broad SMARTS) is 1. The summed E-state index contributed by atoms with van der Waals surface area (Å²) < 4.78 is 5.42. The molecule has 3 heteroatoms. The van der Waals surface area contributed by atoms with E-state index in [1.165, 1.54) is 17.2 Å². The van der Waals surface area contributed by atoms with Crippen molar-refractivity contribution in [1.29, 1.82) is 0 Å². The largest absolute Gasteiger partial charge is 0.490 e. The molecule has 92 valence electrons. The Morgan fingerprint density at radius 1 is 1.47 bits per heavy atom. The Labute approximate surface area is 102 Å². The van der Waals surface area contributed by atoms with Gasteiger partial charge in [-0.2, -0.15) is 0 Å². The maximum Gasteiger partial charge on any atom is 0.328 e. The van der Waals surface area contributed by atoms with Crippen molar-refractivity contribution in [2.45, 2.75) is 26.7 Å². The first-order valence-corrected chi connectivity index (χ1v) is 5.63. The van der Waals surface area contributed by atoms with Gasteiger partial charge in [0, 0.05) is 6.08 Å². The van der Waals surface area contributed by atoms with Crippen LogP contribution >= 0.6 is 0 Å². The molecule has 1 aromatic rings. The van der Waals surface area contributed by atoms with Gasteiger partial charge < -0.3 is 9.84 Å². The molecule has 0 fully saturated rings. The molecule has 0 aliphatic heterocycles. The van der Waals surface area contributed by atoms with Crippen molar-refractivity contribution in [1.82, 2.24) is 0 Å². The predicted octanol–water partition coefficient (Wildman–Crippen LogP) is 3.14. The lowest BCUT2D eigenvalue weighted by atomic mass is 9.98. The summed E-state index contributed by atoms with van der Waals surface area (Å²) in [4.78, 5) is 10.2. The SMILES string of the molecule is Cc1cc(OC/C=C/C(=O)O)ccc1C(C)C. The molecule has 0 spiro atoms. The van der Waals surface area contributed by atoms with Crippen molar-refractivity contribution >= 4 is 5.97 Å². The summed E-state index contributed by atoms with van der Waals surface area (Å²) in [6, 6.07) is 5.94. The molecular formula is C14H18O3. The molecular weight excluding hydrogens is 216 g/mol. The molecule has 0 heterocycles. The van der Waals surface area contributed by atoms with Crippen molar-refractivity contribution in [3.05, 3.63) is 41.5 Å². The molecule has 0 radical (unpaired) electrons. The monoisotopic (exact) mass is 234 g/mol. The van der Waals surface area contributed by atoms with Crippen LogP contribution in [0.5, 0.6) is 5.75 Å². The second-order valence-electron chi connectivity index (χ2n) is 4.22. The Morgan fingerprint density at radius 3 is 2.71 bits per heavy atom. The molecule has 0 atom stereocenters. The predicted molar refractivity (Wildman–Crippen MR) is 67.5 cm³/mol. The molecule has 0 saturated heterocycles. The summed E-state index contributed by atoms with van der Waals surface area (Å²) in [5.41, 5.74) is 2.50. The van der Waals surface area contributed by atoms with E-state index in [1.807, 2.05) is 12.1 Å². The van der Waals surface area contributed by atoms with Crippen molar-refractivity contribution in [2.24, 2.45) is 0 Å². The first-order chi connectivity index (χ1) is 8.00. The van der Waals surface area contributed by atoms with Crippen LogP contribution in [-0.4, -0.2) is 17.7 Å². The average molecular weight is 234 g/mol. The molecule has 0 saturated carbocycles. The van der Waals surface area contributed by atoms with Gasteiger partial charge >= 0.3 is 5.97 Å². The van der Waals surface area contributed by atoms with Gasteiger partial charge in [-0.1, -0.05) is 19.9 Å². The Hall–Kier alpha value is -1.77. The van der Waals surface area contributed by atoms with Crippen molar-refractivity contribution < 1.29 is 14.6 Å². The number of rotatable bonds is 5. The summed E-state index contributed by atoms with van der Waals surface area (Å²) in [5, 5.41) is 8.41. The first kappa shape index (κ1) is 13.3. The fourth-order valence-electron chi connectivity index (χ4n) is 1.68. The lowest BCUT2D eigenvalue weighted by Crippen LogP contribution is -1.97. The van der Waals surface area contributed by atoms with E-state index in [9.17, 15) is 4.79 Å². The number of hydrogen-bond donors (Lipinski definition) is 1. The lowest BCUT2D eigenvalue weighted by Gasteiger charge is -2.11. The standard InChI is InChI=1S/C14H18O3/c1-10(2)13-7-6-12(9-11(13)3)17-8-4-5-14(15)16/h4-7,9-10H,8H2,1-3H3,(H,15,16)/b5-4+. The van der Waals surface area contributed by atoms with Crippen LogP contribution in [0, 0.1) is 6.92 Å². The fraction of sp³-hybridized carbons (Fsp3) is 0.357. The highest BCUT2D eigenvalue weighted by molar-refractivity contribution is 5.79. The molecule has 1 rings (SSSR count). The van der Waals surface area contributed by atoms with E-state index in [1.54, 1.807) is 0 Å². The third-order valence-corrected chi connectivity index (χ3v) is 2.47. The van der Waals surface area contributed by atoms with E-state index in [2.05, 4.69) is 26.8 Å². The maximum absolute atomic E-state index is 10.2. The van der Waals surface area contributed by atoms with Gasteiger partial charge in [0.25, 0.3) is 0 Å². The highest BCUT2D eigenvalue weighted by Gasteiger charge is 2.04. The summed E-state index contributed by atoms with van der Waals surface area (Å²) in [7, 11) is 0. The van der Waals surface area contributed by atoms with E-state index in [4.69, 9.17) is 9.84 Å². The first-order valence-electron chi connectivity index (χ1n) is 5.63. The molecule has 1 aromatic carbocycles. The number of carboxylic acids is 1. The molecule has 0 unspecified atom stereocenters. The maximum atomic E-state index is 10.2. The third kappa shape index (κ3) is 4.31. The molecule has 0 amide bonds. The molecule has 17 heavy (non-hydrogen) atoms. The highest BCUT2D eigenvalue weighted by atomic mass is 16.5. The van der Waals surface area contributed by atoms with Gasteiger partial charge in [0.2, 0.25) is 0 Å². The number of benzene rings is 1. The van der Waals surface area contributed by atoms with E-state index < -0.39 is 5.97 Å². The van der Waals surface area contributed by atoms with Crippen LogP contribution in [0.1, 0.15) is 30.9 Å². The number of aryl methyl sites for hydroxylation is 1. The van der Waals surface area contributed by atoms with Crippen LogP contribution in [0.4, 0.5) is 0 Å². The molecule has 3 nitrogen and oxygen atoms in total. The van der Waals surface area contributed by atoms with Crippen LogP contribution in [-0.2, 0) is 4.79 Å². The smallest absolute Gasteiger partial charge is 0.328 e. The van der Waals surface area contributed by atoms with Gasteiger partial charge in [-0.15, -0.1) is 0 Å². The number of hydrogen-bond acceptors (Lipinski definition) is 2. The van der Waals surface area contributed by atoms with E-state index >= 15 is 0 Å². The summed E-state index contributed by atoms with van der Waals surface area (Å²) in [5.74, 6) is 0.304. The molecule has 1 N–H and O–H groups in total. The van der Waals surface area contributed by atoms with Crippen LogP contribution in [0.3, 0.4) is 0 Å². The van der Waals surface area contributed by atoms with Gasteiger partial charge in [0.15, 0.2) is 0 Å². The van der Waals surface area contributed by atoms with Crippen molar-refractivity contribution in [3.8, 4) is 5.75 Å². The molecule has 0 bridgehead atoms. The van der Waals surface area contributed by atoms with Crippen LogP contribution in [0.2, 0.25) is 0 Å². The Bertz CT molecular complexity index is 419. The number of ether oxygens (including phenoxy) is 1. The van der Waals surface area contributed by atoms with E-state index in [0.29, 0.717) is 5.92 Å². The van der Waals surface area contributed by atoms with Gasteiger partial charge in [-0.05, 0) is 42.2 Å². The topological polar surface area (TPSA) is 46.5 Å². The van der Waals surface area contributed by atoms with E-state index in [-0.39, 0.29) is 6.61 Å². The van der Waals surface area contributed by atoms with Gasteiger partial charge in [0.05, 0.1) is 0 Å². The molecule has 0 aromatic heterocycles. The van der Waals surface area contributed by atoms with E-state index in [0.717, 1.165) is 11.8 Å². The normalized spacial score (nSPS) is 11.1. The van der Waals surface area contributed by atoms with Crippen LogP contribution in [0.25, 0.3) is 0 Å². The minimum Gasteiger partial charge on any atom is -0.490 e. The van der Waals surface area contributed by atoms with Crippen molar-refractivity contribution in [3.63, 3.8) is 0 Å². The Balaban J connectivity index is 2.62. The number of aliphatic carboxylic acids is 1. The van der Waals surface area contributed by atoms with Gasteiger partial charge in [-0.3, -0.25) is 0 Å². The van der Waals surface area contributed by atoms with Gasteiger partial charge in [0.1, 0.15) is 12.4 Å². The number of carbonyl (C=O) groups is 1. The quantitative estimate of drug-likeness (QED) is 0.796. The molecule has 0 aliphatic carbocycles. The zero-order chi connectivity index (χ0) is 12.8. The third-order valence-electron chi connectivity index (χ3n) is 2.47. The Kier molecular flexibility index (Phi) is 4.76. The second kappa shape index (κ2) is 6.09. The summed E-state index contributed by atoms with van der Waals surface area (Å²) in [6.45, 7) is 6.62. The zero-order valence-electron chi connectivity index (χ0n) is 10.4. The van der Waals surface area contributed by atoms with Crippen molar-refractivity contribution in [2.75, 3.05) is 6.61 Å². The Morgan fingerprint density at radius 2 is 2.18 bits per heavy atom. The summed E-state index contributed by atoms with van der Waals surface area (Å²) in [6.07, 6.45) is 2.56. The fourth-order valence-corrected chi connectivity index (χ4v) is 1.68. The highest BCUT2D eigenvalue weighted by Crippen LogP contribution is 2.23. The minimum absolute atomic E-state index is 0.271. The van der Waals surface area contributed by atoms with Gasteiger partial charge in [-0.25, -0.2) is 4.79 Å². The molecule has 0 aliphatic rings. The van der Waals surface area contributed by atoms with Crippen LogP contribution < -0.4 is 4.74 Å². The zero-order valence-corrected chi connectivity index (χ0v) is 10.4. The lowest BCUT2D eigenvalue weighted by molar-refractivity contribution is -0.131. The van der Waals surface area contributed by atoms with Crippen LogP contribution in [0.15, 0.2) is 30.4 Å². The second-order valence-corrected chi connectivity index (χ2v) is 4.22. The average Bonchev–Trinajstić information content (AvgIpc) is 2.23.